The van der Waals surface area contributed by atoms with Crippen LogP contribution in [-0.2, 0) is 31.0 Å². The summed E-state index contributed by atoms with van der Waals surface area (Å²) in [7, 11) is 0. The van der Waals surface area contributed by atoms with Crippen LogP contribution in [0.15, 0.2) is 65.1 Å². The van der Waals surface area contributed by atoms with E-state index in [1.54, 1.807) is 0 Å². The van der Waals surface area contributed by atoms with Gasteiger partial charge in [-0.2, -0.15) is 0 Å². The predicted octanol–water partition coefficient (Wildman–Crippen LogP) is 4.61. The lowest BCUT2D eigenvalue weighted by Crippen LogP contribution is -2.34. The fourth-order valence-electron chi connectivity index (χ4n) is 2.97. The first-order valence-corrected chi connectivity index (χ1v) is 9.37. The zero-order valence-corrected chi connectivity index (χ0v) is 16.3. The fraction of sp³-hybridized carbons (Fsp3) is 0.261. The zero-order chi connectivity index (χ0) is 19.8. The molecule has 3 rings (SSSR count). The normalized spacial score (nSPS) is 10.6. The molecule has 5 nitrogen and oxygen atoms in total. The molecule has 2 aromatic carbocycles. The van der Waals surface area contributed by atoms with E-state index in [2.05, 4.69) is 16.7 Å². The summed E-state index contributed by atoms with van der Waals surface area (Å²) in [5.74, 6) is 1.68. The first-order valence-electron chi connectivity index (χ1n) is 9.37. The van der Waals surface area contributed by atoms with Crippen LogP contribution in [-0.4, -0.2) is 6.03 Å². The Labute approximate surface area is 165 Å². The maximum absolute atomic E-state index is 12.0. The van der Waals surface area contributed by atoms with Crippen molar-refractivity contribution in [2.75, 3.05) is 0 Å². The van der Waals surface area contributed by atoms with Crippen molar-refractivity contribution in [3.8, 4) is 0 Å². The first kappa shape index (κ1) is 19.7. The molecule has 0 radical (unpaired) electrons. The fourth-order valence-corrected chi connectivity index (χ4v) is 2.97. The summed E-state index contributed by atoms with van der Waals surface area (Å²) in [6, 6.07) is 19.9. The van der Waals surface area contributed by atoms with Gasteiger partial charge in [0.1, 0.15) is 11.5 Å². The van der Waals surface area contributed by atoms with Gasteiger partial charge in [-0.05, 0) is 36.6 Å². The van der Waals surface area contributed by atoms with Crippen LogP contribution in [0, 0.1) is 13.8 Å². The Morgan fingerprint density at radius 3 is 2.29 bits per heavy atom. The molecule has 0 atom stereocenters. The van der Waals surface area contributed by atoms with Crippen molar-refractivity contribution in [3.05, 3.63) is 94.4 Å². The van der Waals surface area contributed by atoms with Gasteiger partial charge in [0.2, 0.25) is 0 Å². The van der Waals surface area contributed by atoms with Crippen LogP contribution in [0.3, 0.4) is 0 Å². The second-order valence-corrected chi connectivity index (χ2v) is 6.77. The molecule has 0 unspecified atom stereocenters. The van der Waals surface area contributed by atoms with E-state index in [0.717, 1.165) is 33.8 Å². The Kier molecular flexibility index (Phi) is 6.87. The molecule has 3 aromatic rings. The van der Waals surface area contributed by atoms with E-state index in [1.165, 1.54) is 0 Å². The summed E-state index contributed by atoms with van der Waals surface area (Å²) >= 11 is 0. The monoisotopic (exact) mass is 378 g/mol. The van der Waals surface area contributed by atoms with Gasteiger partial charge in [0, 0.05) is 18.7 Å². The Bertz CT molecular complexity index is 903. The number of aryl methyl sites for hydroxylation is 2. The van der Waals surface area contributed by atoms with E-state index in [0.29, 0.717) is 26.3 Å². The number of rotatable bonds is 8. The van der Waals surface area contributed by atoms with Crippen LogP contribution in [0.4, 0.5) is 4.79 Å². The Morgan fingerprint density at radius 2 is 1.54 bits per heavy atom. The number of urea groups is 1. The second kappa shape index (κ2) is 9.76. The zero-order valence-electron chi connectivity index (χ0n) is 16.3. The van der Waals surface area contributed by atoms with Crippen LogP contribution < -0.4 is 10.6 Å². The highest BCUT2D eigenvalue weighted by molar-refractivity contribution is 5.73. The van der Waals surface area contributed by atoms with E-state index in [4.69, 9.17) is 9.15 Å². The number of nitrogens with one attached hydrogen (secondary N) is 2. The van der Waals surface area contributed by atoms with Gasteiger partial charge in [-0.1, -0.05) is 54.6 Å². The van der Waals surface area contributed by atoms with Crippen LogP contribution in [0.1, 0.15) is 33.8 Å². The number of benzene rings is 2. The van der Waals surface area contributed by atoms with E-state index >= 15 is 0 Å². The average molecular weight is 378 g/mol. The van der Waals surface area contributed by atoms with Gasteiger partial charge in [0.25, 0.3) is 0 Å². The van der Waals surface area contributed by atoms with Gasteiger partial charge in [-0.15, -0.1) is 0 Å². The quantitative estimate of drug-likeness (QED) is 0.601. The predicted molar refractivity (Wildman–Crippen MR) is 109 cm³/mol. The third-order valence-corrected chi connectivity index (χ3v) is 4.41. The van der Waals surface area contributed by atoms with Crippen LogP contribution in [0.25, 0.3) is 0 Å². The van der Waals surface area contributed by atoms with Gasteiger partial charge in [0.15, 0.2) is 0 Å². The Hall–Kier alpha value is -3.05. The first-order chi connectivity index (χ1) is 13.6. The smallest absolute Gasteiger partial charge is 0.315 e. The van der Waals surface area contributed by atoms with Crippen molar-refractivity contribution >= 4 is 6.03 Å². The second-order valence-electron chi connectivity index (χ2n) is 6.77. The van der Waals surface area contributed by atoms with Crippen molar-refractivity contribution < 1.29 is 13.9 Å². The molecule has 0 fully saturated rings. The van der Waals surface area contributed by atoms with Gasteiger partial charge in [-0.3, -0.25) is 0 Å². The lowest BCUT2D eigenvalue weighted by atomic mass is 10.1. The summed E-state index contributed by atoms with van der Waals surface area (Å²) in [5, 5.41) is 5.74. The highest BCUT2D eigenvalue weighted by atomic mass is 16.5. The molecule has 2 N–H and O–H groups in total. The molecule has 0 aliphatic heterocycles. The van der Waals surface area contributed by atoms with Gasteiger partial charge >= 0.3 is 6.03 Å². The maximum atomic E-state index is 12.0. The molecule has 1 heterocycles. The third-order valence-electron chi connectivity index (χ3n) is 4.41. The number of hydrogen-bond donors (Lipinski definition) is 2. The number of ether oxygens (including phenoxy) is 1. The van der Waals surface area contributed by atoms with E-state index in [9.17, 15) is 4.79 Å². The van der Waals surface area contributed by atoms with Crippen molar-refractivity contribution in [1.29, 1.82) is 0 Å². The number of hydrogen-bond acceptors (Lipinski definition) is 3. The average Bonchev–Trinajstić information content (AvgIpc) is 3.03. The SMILES string of the molecule is Cc1cc(CNC(=O)NCc2cccc(COCc3ccccc3)c2)c(C)o1. The number of furan rings is 1. The molecular weight excluding hydrogens is 352 g/mol. The lowest BCUT2D eigenvalue weighted by molar-refractivity contribution is 0.107. The van der Waals surface area contributed by atoms with Gasteiger partial charge < -0.3 is 19.8 Å². The lowest BCUT2D eigenvalue weighted by Gasteiger charge is -2.09. The van der Waals surface area contributed by atoms with E-state index in [1.807, 2.05) is 68.4 Å². The summed E-state index contributed by atoms with van der Waals surface area (Å²) in [4.78, 5) is 12.0. The molecule has 0 saturated heterocycles. The third kappa shape index (κ3) is 5.99. The molecule has 0 spiro atoms. The number of carbonyl (C=O) groups is 1. The summed E-state index contributed by atoms with van der Waals surface area (Å²) in [5.41, 5.74) is 4.26. The molecule has 146 valence electrons. The van der Waals surface area contributed by atoms with E-state index in [-0.39, 0.29) is 6.03 Å². The summed E-state index contributed by atoms with van der Waals surface area (Å²) in [6.45, 7) is 5.82. The Morgan fingerprint density at radius 1 is 0.857 bits per heavy atom. The number of carbonyl (C=O) groups excluding carboxylic acids is 1. The van der Waals surface area contributed by atoms with Gasteiger partial charge in [0.05, 0.1) is 13.2 Å². The van der Waals surface area contributed by atoms with Crippen LogP contribution in [0.5, 0.6) is 0 Å². The summed E-state index contributed by atoms with van der Waals surface area (Å²) < 4.78 is 11.2. The Balaban J connectivity index is 1.42. The topological polar surface area (TPSA) is 63.5 Å². The molecule has 1 aromatic heterocycles. The summed E-state index contributed by atoms with van der Waals surface area (Å²) in [6.07, 6.45) is 0. The minimum Gasteiger partial charge on any atom is -0.466 e. The molecule has 0 saturated carbocycles. The van der Waals surface area contributed by atoms with Crippen molar-refractivity contribution in [3.63, 3.8) is 0 Å². The van der Waals surface area contributed by atoms with E-state index < -0.39 is 0 Å². The molecule has 28 heavy (non-hydrogen) atoms. The molecular formula is C23H26N2O3. The maximum Gasteiger partial charge on any atom is 0.315 e. The minimum absolute atomic E-state index is 0.205. The number of amides is 2. The van der Waals surface area contributed by atoms with Crippen molar-refractivity contribution in [1.82, 2.24) is 10.6 Å². The molecule has 2 amide bonds. The van der Waals surface area contributed by atoms with Crippen LogP contribution >= 0.6 is 0 Å². The molecule has 0 aliphatic rings. The minimum atomic E-state index is -0.205. The van der Waals surface area contributed by atoms with Crippen molar-refractivity contribution in [2.45, 2.75) is 40.2 Å². The van der Waals surface area contributed by atoms with Crippen LogP contribution in [0.2, 0.25) is 0 Å². The highest BCUT2D eigenvalue weighted by Crippen LogP contribution is 2.13. The molecule has 0 aliphatic carbocycles. The molecule has 5 heteroatoms. The molecule has 0 bridgehead atoms. The van der Waals surface area contributed by atoms with Crippen molar-refractivity contribution in [2.24, 2.45) is 0 Å². The largest absolute Gasteiger partial charge is 0.466 e. The standard InChI is InChI=1S/C23H26N2O3/c1-17-11-22(18(2)28-17)14-25-23(26)24-13-20-9-6-10-21(12-20)16-27-15-19-7-4-3-5-8-19/h3-12H,13-16H2,1-2H3,(H2,24,25,26). The van der Waals surface area contributed by atoms with Gasteiger partial charge in [-0.25, -0.2) is 4.79 Å². The highest BCUT2D eigenvalue weighted by Gasteiger charge is 2.07.